The minimum Gasteiger partial charge on any atom is -0.462 e. The van der Waals surface area contributed by atoms with Gasteiger partial charge in [0.15, 0.2) is 6.10 Å². The van der Waals surface area contributed by atoms with Gasteiger partial charge in [0.25, 0.3) is 0 Å². The highest BCUT2D eigenvalue weighted by atomic mass is 16.6. The SMILES string of the molecule is CCCCC/C=C\C/C=C\C/C=C\CCCCCCC(=O)OC[C@H](COC(=O)CCC/C=C\C/C=C\C/C=C\CCCCCCCC)OC(=O)CCCCCCCCC/C=C\CCCCCCCC. The van der Waals surface area contributed by atoms with Crippen molar-refractivity contribution in [3.8, 4) is 0 Å². The fourth-order valence-corrected chi connectivity index (χ4v) is 7.93. The molecule has 0 saturated heterocycles. The van der Waals surface area contributed by atoms with Crippen LogP contribution in [0.15, 0.2) is 85.1 Å². The molecule has 69 heavy (non-hydrogen) atoms. The summed E-state index contributed by atoms with van der Waals surface area (Å²) in [7, 11) is 0. The first-order chi connectivity index (χ1) is 34.0. The van der Waals surface area contributed by atoms with Crippen LogP contribution in [0.25, 0.3) is 0 Å². The van der Waals surface area contributed by atoms with Crippen LogP contribution < -0.4 is 0 Å². The number of ether oxygens (including phenoxy) is 3. The topological polar surface area (TPSA) is 78.9 Å². The lowest BCUT2D eigenvalue weighted by Gasteiger charge is -2.18. The quantitative estimate of drug-likeness (QED) is 0.0262. The molecule has 0 bridgehead atoms. The molecule has 0 aliphatic heterocycles. The van der Waals surface area contributed by atoms with E-state index in [1.54, 1.807) is 0 Å². The van der Waals surface area contributed by atoms with Gasteiger partial charge in [-0.15, -0.1) is 0 Å². The number of carbonyl (C=O) groups is 3. The predicted molar refractivity (Wildman–Crippen MR) is 297 cm³/mol. The molecule has 0 aromatic heterocycles. The number of hydrogen-bond acceptors (Lipinski definition) is 6. The second kappa shape index (κ2) is 57.2. The summed E-state index contributed by atoms with van der Waals surface area (Å²) >= 11 is 0. The van der Waals surface area contributed by atoms with Crippen molar-refractivity contribution in [2.45, 2.75) is 284 Å². The minimum atomic E-state index is -0.809. The summed E-state index contributed by atoms with van der Waals surface area (Å²) < 4.78 is 16.8. The van der Waals surface area contributed by atoms with Crippen LogP contribution in [0.4, 0.5) is 0 Å². The molecule has 6 heteroatoms. The summed E-state index contributed by atoms with van der Waals surface area (Å²) in [5.41, 5.74) is 0. The Balaban J connectivity index is 4.50. The molecule has 0 spiro atoms. The Kier molecular flexibility index (Phi) is 54.3. The van der Waals surface area contributed by atoms with Crippen LogP contribution >= 0.6 is 0 Å². The van der Waals surface area contributed by atoms with Crippen LogP contribution in [0.5, 0.6) is 0 Å². The van der Waals surface area contributed by atoms with Gasteiger partial charge >= 0.3 is 17.9 Å². The van der Waals surface area contributed by atoms with Crippen LogP contribution in [-0.4, -0.2) is 37.2 Å². The molecule has 6 nitrogen and oxygen atoms in total. The minimum absolute atomic E-state index is 0.105. The third-order valence-corrected chi connectivity index (χ3v) is 12.3. The van der Waals surface area contributed by atoms with Crippen LogP contribution in [0.3, 0.4) is 0 Å². The smallest absolute Gasteiger partial charge is 0.306 e. The summed E-state index contributed by atoms with van der Waals surface area (Å²) in [5, 5.41) is 0. The molecule has 0 saturated carbocycles. The van der Waals surface area contributed by atoms with Gasteiger partial charge in [-0.05, 0) is 116 Å². The first kappa shape index (κ1) is 65.6. The first-order valence-corrected chi connectivity index (χ1v) is 29.1. The lowest BCUT2D eigenvalue weighted by atomic mass is 10.1. The Hall–Kier alpha value is -3.41. The molecule has 0 aromatic rings. The molecule has 0 aromatic carbocycles. The van der Waals surface area contributed by atoms with Gasteiger partial charge in [0.2, 0.25) is 0 Å². The summed E-state index contributed by atoms with van der Waals surface area (Å²) in [6.45, 7) is 6.55. The van der Waals surface area contributed by atoms with Crippen molar-refractivity contribution in [3.05, 3.63) is 85.1 Å². The molecule has 0 fully saturated rings. The molecular formula is C63H108O6. The Morgan fingerprint density at radius 3 is 0.913 bits per heavy atom. The number of esters is 3. The van der Waals surface area contributed by atoms with E-state index in [-0.39, 0.29) is 37.5 Å². The molecule has 0 unspecified atom stereocenters. The maximum atomic E-state index is 12.9. The number of hydrogen-bond donors (Lipinski definition) is 0. The van der Waals surface area contributed by atoms with Crippen LogP contribution in [0.2, 0.25) is 0 Å². The first-order valence-electron chi connectivity index (χ1n) is 29.1. The van der Waals surface area contributed by atoms with E-state index in [0.29, 0.717) is 19.3 Å². The van der Waals surface area contributed by atoms with Crippen molar-refractivity contribution in [2.75, 3.05) is 13.2 Å². The Morgan fingerprint density at radius 2 is 0.536 bits per heavy atom. The molecule has 1 atom stereocenters. The van der Waals surface area contributed by atoms with E-state index in [0.717, 1.165) is 83.5 Å². The molecule has 0 aliphatic rings. The number of carbonyl (C=O) groups excluding carboxylic acids is 3. The maximum absolute atomic E-state index is 12.9. The zero-order valence-electron chi connectivity index (χ0n) is 45.3. The monoisotopic (exact) mass is 961 g/mol. The van der Waals surface area contributed by atoms with Crippen molar-refractivity contribution >= 4 is 17.9 Å². The van der Waals surface area contributed by atoms with Crippen LogP contribution in [-0.2, 0) is 28.6 Å². The highest BCUT2D eigenvalue weighted by Gasteiger charge is 2.19. The average Bonchev–Trinajstić information content (AvgIpc) is 3.35. The van der Waals surface area contributed by atoms with Gasteiger partial charge in [0.1, 0.15) is 13.2 Å². The average molecular weight is 962 g/mol. The molecular weight excluding hydrogens is 853 g/mol. The standard InChI is InChI=1S/C63H108O6/c1-4-7-10-13-16-19-22-25-28-31-34-37-40-43-46-49-52-55-61(64)67-58-60(69-63(66)57-54-51-48-45-42-39-36-33-30-27-24-21-18-15-12-9-6-3)59-68-62(65)56-53-50-47-44-41-38-35-32-29-26-23-20-17-14-11-8-5-2/h16,19,25-30,34-35,37-38,44,47,60H,4-15,17-18,20-24,31-33,36,39-43,45-46,48-59H2,1-3H3/b19-16-,28-25-,29-26-,30-27-,37-34-,38-35-,47-44-/t60-/m1/s1. The fraction of sp³-hybridized carbons (Fsp3) is 0.730. The zero-order chi connectivity index (χ0) is 50.0. The molecule has 0 aliphatic carbocycles. The highest BCUT2D eigenvalue weighted by molar-refractivity contribution is 5.71. The van der Waals surface area contributed by atoms with Crippen molar-refractivity contribution < 1.29 is 28.6 Å². The molecule has 0 heterocycles. The normalized spacial score (nSPS) is 12.7. The third-order valence-electron chi connectivity index (χ3n) is 12.3. The molecule has 396 valence electrons. The lowest BCUT2D eigenvalue weighted by Crippen LogP contribution is -2.30. The van der Waals surface area contributed by atoms with Crippen molar-refractivity contribution in [1.82, 2.24) is 0 Å². The van der Waals surface area contributed by atoms with Gasteiger partial charge in [0, 0.05) is 19.3 Å². The Bertz CT molecular complexity index is 1330. The number of unbranched alkanes of at least 4 members (excludes halogenated alkanes) is 27. The van der Waals surface area contributed by atoms with Gasteiger partial charge in [-0.25, -0.2) is 0 Å². The number of allylic oxidation sites excluding steroid dienone is 14. The fourth-order valence-electron chi connectivity index (χ4n) is 7.93. The highest BCUT2D eigenvalue weighted by Crippen LogP contribution is 2.14. The molecule has 0 rings (SSSR count). The maximum Gasteiger partial charge on any atom is 0.306 e. The van der Waals surface area contributed by atoms with Gasteiger partial charge in [-0.1, -0.05) is 228 Å². The molecule has 0 radical (unpaired) electrons. The largest absolute Gasteiger partial charge is 0.462 e. The molecule has 0 N–H and O–H groups in total. The van der Waals surface area contributed by atoms with Crippen molar-refractivity contribution in [1.29, 1.82) is 0 Å². The van der Waals surface area contributed by atoms with E-state index in [1.165, 1.54) is 148 Å². The predicted octanol–water partition coefficient (Wildman–Crippen LogP) is 19.5. The van der Waals surface area contributed by atoms with E-state index in [2.05, 4.69) is 106 Å². The van der Waals surface area contributed by atoms with E-state index in [9.17, 15) is 14.4 Å². The van der Waals surface area contributed by atoms with Crippen molar-refractivity contribution in [3.63, 3.8) is 0 Å². The van der Waals surface area contributed by atoms with Gasteiger partial charge < -0.3 is 14.2 Å². The van der Waals surface area contributed by atoms with E-state index in [4.69, 9.17) is 14.2 Å². The summed E-state index contributed by atoms with van der Waals surface area (Å²) in [4.78, 5) is 38.1. The summed E-state index contributed by atoms with van der Waals surface area (Å²) in [6, 6.07) is 0. The summed E-state index contributed by atoms with van der Waals surface area (Å²) in [6.07, 6.45) is 74.3. The van der Waals surface area contributed by atoms with Gasteiger partial charge in [-0.2, -0.15) is 0 Å². The third kappa shape index (κ3) is 55.4. The molecule has 0 amide bonds. The zero-order valence-corrected chi connectivity index (χ0v) is 45.3. The van der Waals surface area contributed by atoms with E-state index < -0.39 is 6.10 Å². The lowest BCUT2D eigenvalue weighted by molar-refractivity contribution is -0.167. The Morgan fingerprint density at radius 1 is 0.290 bits per heavy atom. The second-order valence-electron chi connectivity index (χ2n) is 19.2. The van der Waals surface area contributed by atoms with Crippen molar-refractivity contribution in [2.24, 2.45) is 0 Å². The second-order valence-corrected chi connectivity index (χ2v) is 19.2. The number of rotatable bonds is 52. The van der Waals surface area contributed by atoms with Gasteiger partial charge in [0.05, 0.1) is 0 Å². The Labute approximate surface area is 426 Å². The van der Waals surface area contributed by atoms with E-state index >= 15 is 0 Å². The summed E-state index contributed by atoms with van der Waals surface area (Å²) in [5.74, 6) is -0.978. The van der Waals surface area contributed by atoms with E-state index in [1.807, 2.05) is 0 Å². The van der Waals surface area contributed by atoms with Crippen LogP contribution in [0.1, 0.15) is 278 Å². The van der Waals surface area contributed by atoms with Gasteiger partial charge in [-0.3, -0.25) is 14.4 Å². The van der Waals surface area contributed by atoms with Crippen LogP contribution in [0, 0.1) is 0 Å².